The molecule has 1 aliphatic heterocycles. The van der Waals surface area contributed by atoms with Gasteiger partial charge in [-0.05, 0) is 36.8 Å². The lowest BCUT2D eigenvalue weighted by molar-refractivity contribution is 0.357. The maximum atomic E-state index is 14.8. The Morgan fingerprint density at radius 3 is 2.48 bits per heavy atom. The van der Waals surface area contributed by atoms with Gasteiger partial charge >= 0.3 is 0 Å². The minimum Gasteiger partial charge on any atom is -0.493 e. The summed E-state index contributed by atoms with van der Waals surface area (Å²) in [6.45, 7) is 5.90. The first kappa shape index (κ1) is 22.8. The molecule has 1 unspecified atom stereocenters. The molecule has 1 atom stereocenters. The molecule has 174 valence electrons. The number of hydrogen-bond acceptors (Lipinski definition) is 6. The largest absolute Gasteiger partial charge is 0.493 e. The van der Waals surface area contributed by atoms with Gasteiger partial charge in [0, 0.05) is 18.8 Å². The normalized spacial score (nSPS) is 15.7. The van der Waals surface area contributed by atoms with Crippen LogP contribution in [0.1, 0.15) is 43.1 Å². The Balaban J connectivity index is 1.93. The summed E-state index contributed by atoms with van der Waals surface area (Å²) in [6, 6.07) is 1.27. The molecular weight excluding hydrogens is 428 g/mol. The number of rotatable bonds is 5. The van der Waals surface area contributed by atoms with Crippen molar-refractivity contribution in [2.75, 3.05) is 33.0 Å². The van der Waals surface area contributed by atoms with Crippen LogP contribution in [0, 0.1) is 29.4 Å². The maximum Gasteiger partial charge on any atom is 0.183 e. The smallest absolute Gasteiger partial charge is 0.183 e. The summed E-state index contributed by atoms with van der Waals surface area (Å²) in [5.41, 5.74) is 8.01. The lowest BCUT2D eigenvalue weighted by Gasteiger charge is -2.14. The van der Waals surface area contributed by atoms with Crippen LogP contribution in [0.2, 0.25) is 0 Å². The zero-order valence-electron chi connectivity index (χ0n) is 19.1. The van der Waals surface area contributed by atoms with Gasteiger partial charge in [-0.2, -0.15) is 5.10 Å². The number of halogens is 2. The molecular formula is C24H27F2N5O2. The van der Waals surface area contributed by atoms with E-state index in [0.717, 1.165) is 43.1 Å². The van der Waals surface area contributed by atoms with Gasteiger partial charge in [0.1, 0.15) is 17.1 Å². The van der Waals surface area contributed by atoms with Crippen LogP contribution in [0.5, 0.6) is 11.5 Å². The standard InChI is InChI=1S/C24H27F2N5O2/c1-13(2)9-14-11-29-24(27)20-17(30-31(23(14)20)15-7-8-28-12-15)6-5-16-21(25)18(32-3)10-19(33-4)22(16)26/h10-11,13,15,28H,7-9,12H2,1-4H3,(H2,27,29). The van der Waals surface area contributed by atoms with Crippen LogP contribution in [-0.4, -0.2) is 42.1 Å². The monoisotopic (exact) mass is 455 g/mol. The fourth-order valence-corrected chi connectivity index (χ4v) is 4.16. The van der Waals surface area contributed by atoms with Gasteiger partial charge in [0.15, 0.2) is 23.1 Å². The number of nitrogens with zero attached hydrogens (tertiary/aromatic N) is 3. The Bertz CT molecular complexity index is 1230. The lowest BCUT2D eigenvalue weighted by Crippen LogP contribution is -2.15. The number of fused-ring (bicyclic) bond motifs is 1. The third-order valence-electron chi connectivity index (χ3n) is 5.72. The van der Waals surface area contributed by atoms with E-state index in [4.69, 9.17) is 20.3 Å². The molecule has 1 saturated heterocycles. The van der Waals surface area contributed by atoms with Crippen LogP contribution in [0.15, 0.2) is 12.3 Å². The number of nitrogen functional groups attached to an aromatic ring is 1. The van der Waals surface area contributed by atoms with Crippen molar-refractivity contribution in [2.45, 2.75) is 32.7 Å². The van der Waals surface area contributed by atoms with E-state index in [2.05, 4.69) is 36.0 Å². The number of pyridine rings is 1. The molecule has 0 aliphatic carbocycles. The van der Waals surface area contributed by atoms with Gasteiger partial charge in [-0.15, -0.1) is 0 Å². The molecule has 9 heteroatoms. The summed E-state index contributed by atoms with van der Waals surface area (Å²) < 4.78 is 41.6. The molecule has 0 spiro atoms. The SMILES string of the molecule is COc1cc(OC)c(F)c(C#Cc2nn(C3CCNC3)c3c(CC(C)C)cnc(N)c23)c1F. The Kier molecular flexibility index (Phi) is 6.38. The van der Waals surface area contributed by atoms with Gasteiger partial charge < -0.3 is 20.5 Å². The third kappa shape index (κ3) is 4.18. The van der Waals surface area contributed by atoms with E-state index >= 15 is 0 Å². The van der Waals surface area contributed by atoms with Crippen LogP contribution in [0.3, 0.4) is 0 Å². The highest BCUT2D eigenvalue weighted by Crippen LogP contribution is 2.33. The molecule has 0 bridgehead atoms. The molecule has 0 saturated carbocycles. The van der Waals surface area contributed by atoms with Crippen molar-refractivity contribution in [3.63, 3.8) is 0 Å². The average molecular weight is 456 g/mol. The fraction of sp³-hybridized carbons (Fsp3) is 0.417. The van der Waals surface area contributed by atoms with Crippen LogP contribution < -0.4 is 20.5 Å². The summed E-state index contributed by atoms with van der Waals surface area (Å²) in [5, 5.41) is 8.68. The number of ether oxygens (including phenoxy) is 2. The van der Waals surface area contributed by atoms with E-state index in [9.17, 15) is 8.78 Å². The molecule has 0 amide bonds. The van der Waals surface area contributed by atoms with Crippen molar-refractivity contribution in [2.24, 2.45) is 5.92 Å². The number of methoxy groups -OCH3 is 2. The number of benzene rings is 1. The van der Waals surface area contributed by atoms with Gasteiger partial charge in [0.25, 0.3) is 0 Å². The molecule has 7 nitrogen and oxygen atoms in total. The molecule has 3 aromatic rings. The minimum atomic E-state index is -0.904. The van der Waals surface area contributed by atoms with E-state index < -0.39 is 17.2 Å². The predicted molar refractivity (Wildman–Crippen MR) is 122 cm³/mol. The Morgan fingerprint density at radius 1 is 1.21 bits per heavy atom. The average Bonchev–Trinajstić information content (AvgIpc) is 3.44. The van der Waals surface area contributed by atoms with Gasteiger partial charge in [0.05, 0.1) is 31.2 Å². The number of aromatic nitrogens is 3. The minimum absolute atomic E-state index is 0.126. The fourth-order valence-electron chi connectivity index (χ4n) is 4.16. The van der Waals surface area contributed by atoms with E-state index in [1.54, 1.807) is 6.20 Å². The Morgan fingerprint density at radius 2 is 1.91 bits per heavy atom. The molecule has 33 heavy (non-hydrogen) atoms. The van der Waals surface area contributed by atoms with Gasteiger partial charge in [0.2, 0.25) is 0 Å². The summed E-state index contributed by atoms with van der Waals surface area (Å²) >= 11 is 0. The van der Waals surface area contributed by atoms with E-state index in [-0.39, 0.29) is 23.4 Å². The van der Waals surface area contributed by atoms with Crippen molar-refractivity contribution in [1.82, 2.24) is 20.1 Å². The van der Waals surface area contributed by atoms with Crippen molar-refractivity contribution in [1.29, 1.82) is 0 Å². The van der Waals surface area contributed by atoms with Crippen LogP contribution >= 0.6 is 0 Å². The molecule has 3 N–H and O–H groups in total. The summed E-state index contributed by atoms with van der Waals surface area (Å²) in [7, 11) is 2.58. The molecule has 0 radical (unpaired) electrons. The van der Waals surface area contributed by atoms with Gasteiger partial charge in [-0.3, -0.25) is 4.68 Å². The Labute approximate surface area is 191 Å². The molecule has 1 fully saturated rings. The van der Waals surface area contributed by atoms with Crippen molar-refractivity contribution < 1.29 is 18.3 Å². The van der Waals surface area contributed by atoms with Crippen molar-refractivity contribution in [3.8, 4) is 23.3 Å². The highest BCUT2D eigenvalue weighted by molar-refractivity contribution is 5.95. The highest BCUT2D eigenvalue weighted by atomic mass is 19.1. The van der Waals surface area contributed by atoms with Gasteiger partial charge in [-0.25, -0.2) is 13.8 Å². The summed E-state index contributed by atoms with van der Waals surface area (Å²) in [5.74, 6) is 3.98. The number of nitrogens with two attached hydrogens (primary N) is 1. The van der Waals surface area contributed by atoms with Crippen LogP contribution in [0.25, 0.3) is 10.9 Å². The van der Waals surface area contributed by atoms with E-state index in [1.807, 2.05) is 4.68 Å². The predicted octanol–water partition coefficient (Wildman–Crippen LogP) is 3.44. The second kappa shape index (κ2) is 9.24. The quantitative estimate of drug-likeness (QED) is 0.573. The maximum absolute atomic E-state index is 14.8. The van der Waals surface area contributed by atoms with Crippen LogP contribution in [0.4, 0.5) is 14.6 Å². The zero-order valence-corrected chi connectivity index (χ0v) is 19.1. The molecule has 2 aromatic heterocycles. The van der Waals surface area contributed by atoms with E-state index in [0.29, 0.717) is 17.0 Å². The first-order valence-electron chi connectivity index (χ1n) is 10.8. The number of nitrogens with one attached hydrogen (secondary N) is 1. The summed E-state index contributed by atoms with van der Waals surface area (Å²) in [4.78, 5) is 4.36. The Hall–Kier alpha value is -3.38. The van der Waals surface area contributed by atoms with E-state index in [1.165, 1.54) is 14.2 Å². The second-order valence-corrected chi connectivity index (χ2v) is 8.46. The number of anilines is 1. The van der Waals surface area contributed by atoms with Crippen molar-refractivity contribution in [3.05, 3.63) is 40.7 Å². The molecule has 1 aromatic carbocycles. The third-order valence-corrected chi connectivity index (χ3v) is 5.72. The first-order valence-corrected chi connectivity index (χ1v) is 10.8. The van der Waals surface area contributed by atoms with Crippen molar-refractivity contribution >= 4 is 16.7 Å². The molecule has 4 rings (SSSR count). The number of hydrogen-bond donors (Lipinski definition) is 2. The lowest BCUT2D eigenvalue weighted by atomic mass is 10.0. The van der Waals surface area contributed by atoms with Gasteiger partial charge in [-0.1, -0.05) is 19.8 Å². The molecule has 1 aliphatic rings. The van der Waals surface area contributed by atoms with Crippen LogP contribution in [-0.2, 0) is 6.42 Å². The second-order valence-electron chi connectivity index (χ2n) is 8.46. The molecule has 3 heterocycles. The zero-order chi connectivity index (χ0) is 23.7. The highest BCUT2D eigenvalue weighted by Gasteiger charge is 2.25. The topological polar surface area (TPSA) is 87.2 Å². The first-order chi connectivity index (χ1) is 15.8. The summed E-state index contributed by atoms with van der Waals surface area (Å²) in [6.07, 6.45) is 3.48.